The summed E-state index contributed by atoms with van der Waals surface area (Å²) in [6.45, 7) is 1.99. The number of aliphatic hydroxyl groups excluding tert-OH is 1. The van der Waals surface area contributed by atoms with E-state index in [4.69, 9.17) is 23.1 Å². The number of hydrogen-bond donors (Lipinski definition) is 2. The molecule has 4 heteroatoms. The molecule has 0 heterocycles. The molecule has 0 amide bonds. The van der Waals surface area contributed by atoms with Crippen molar-refractivity contribution in [1.82, 2.24) is 4.90 Å². The van der Waals surface area contributed by atoms with E-state index in [1.807, 2.05) is 0 Å². The summed E-state index contributed by atoms with van der Waals surface area (Å²) in [4.78, 5) is 2.82. The summed E-state index contributed by atoms with van der Waals surface area (Å²) in [5.41, 5.74) is 5.40. The molecule has 0 bridgehead atoms. The van der Waals surface area contributed by atoms with Gasteiger partial charge in [-0.05, 0) is 25.8 Å². The first kappa shape index (κ1) is 10.9. The Morgan fingerprint density at radius 1 is 1.62 bits per heavy atom. The summed E-state index contributed by atoms with van der Waals surface area (Å²) in [5.74, 6) is 0.673. The molecule has 0 radical (unpaired) electrons. The predicted octanol–water partition coefficient (Wildman–Crippen LogP) is 0.365. The average molecular weight is 202 g/mol. The first-order chi connectivity index (χ1) is 6.08. The maximum absolute atomic E-state index is 9.09. The minimum absolute atomic E-state index is 0.0472. The average Bonchev–Trinajstić information content (AvgIpc) is 1.98. The predicted molar refractivity (Wildman–Crippen MR) is 57.6 cm³/mol. The Bertz CT molecular complexity index is 180. The largest absolute Gasteiger partial charge is 0.393 e. The molecular weight excluding hydrogens is 184 g/mol. The van der Waals surface area contributed by atoms with Gasteiger partial charge in [0.1, 0.15) is 0 Å². The number of nitrogens with two attached hydrogens (primary N) is 1. The molecule has 0 aromatic carbocycles. The zero-order valence-corrected chi connectivity index (χ0v) is 8.89. The van der Waals surface area contributed by atoms with Crippen LogP contribution in [0.3, 0.4) is 0 Å². The second kappa shape index (κ2) is 4.88. The summed E-state index contributed by atoms with van der Waals surface area (Å²) >= 11 is 4.80. The zero-order valence-electron chi connectivity index (χ0n) is 8.07. The van der Waals surface area contributed by atoms with Gasteiger partial charge in [-0.3, -0.25) is 0 Å². The lowest BCUT2D eigenvalue weighted by Gasteiger charge is -2.34. The summed E-state index contributed by atoms with van der Waals surface area (Å²) in [7, 11) is 2.07. The van der Waals surface area contributed by atoms with Crippen molar-refractivity contribution in [1.29, 1.82) is 0 Å². The van der Waals surface area contributed by atoms with E-state index >= 15 is 0 Å². The van der Waals surface area contributed by atoms with E-state index in [9.17, 15) is 0 Å². The molecule has 0 atom stereocenters. The van der Waals surface area contributed by atoms with Crippen LogP contribution in [0.5, 0.6) is 0 Å². The molecule has 76 valence electrons. The summed E-state index contributed by atoms with van der Waals surface area (Å²) in [5, 5.41) is 9.09. The van der Waals surface area contributed by atoms with E-state index in [-0.39, 0.29) is 6.10 Å². The first-order valence-corrected chi connectivity index (χ1v) is 5.13. The second-order valence-electron chi connectivity index (χ2n) is 3.97. The van der Waals surface area contributed by atoms with Gasteiger partial charge < -0.3 is 15.7 Å². The lowest BCUT2D eigenvalue weighted by Crippen LogP contribution is -2.37. The van der Waals surface area contributed by atoms with Crippen LogP contribution in [0.4, 0.5) is 0 Å². The van der Waals surface area contributed by atoms with E-state index in [0.717, 1.165) is 32.4 Å². The summed E-state index contributed by atoms with van der Waals surface area (Å²) in [6, 6.07) is 0. The van der Waals surface area contributed by atoms with E-state index in [0.29, 0.717) is 10.9 Å². The molecule has 3 N–H and O–H groups in total. The van der Waals surface area contributed by atoms with Crippen molar-refractivity contribution in [2.75, 3.05) is 20.1 Å². The van der Waals surface area contributed by atoms with Crippen molar-refractivity contribution < 1.29 is 5.11 Å². The second-order valence-corrected chi connectivity index (χ2v) is 4.49. The van der Waals surface area contributed by atoms with Gasteiger partial charge in [0.05, 0.1) is 11.1 Å². The van der Waals surface area contributed by atoms with Crippen molar-refractivity contribution >= 4 is 17.2 Å². The Labute approximate surface area is 84.9 Å². The molecule has 0 saturated heterocycles. The molecule has 0 aromatic rings. The topological polar surface area (TPSA) is 49.5 Å². The van der Waals surface area contributed by atoms with Gasteiger partial charge >= 0.3 is 0 Å². The minimum atomic E-state index is -0.0472. The number of hydrogen-bond acceptors (Lipinski definition) is 3. The molecule has 0 unspecified atom stereocenters. The van der Waals surface area contributed by atoms with E-state index in [1.54, 1.807) is 0 Å². The van der Waals surface area contributed by atoms with Gasteiger partial charge in [-0.1, -0.05) is 12.2 Å². The van der Waals surface area contributed by atoms with Crippen LogP contribution in [0, 0.1) is 5.92 Å². The molecule has 1 aliphatic rings. The van der Waals surface area contributed by atoms with Crippen LogP contribution in [0.25, 0.3) is 0 Å². The van der Waals surface area contributed by atoms with Crippen LogP contribution in [0.15, 0.2) is 0 Å². The van der Waals surface area contributed by atoms with Crippen molar-refractivity contribution in [3.63, 3.8) is 0 Å². The smallest absolute Gasteiger partial charge is 0.0740 e. The van der Waals surface area contributed by atoms with Gasteiger partial charge in [0, 0.05) is 19.5 Å². The minimum Gasteiger partial charge on any atom is -0.393 e. The van der Waals surface area contributed by atoms with Gasteiger partial charge in [-0.15, -0.1) is 0 Å². The maximum Gasteiger partial charge on any atom is 0.0740 e. The molecule has 1 fully saturated rings. The van der Waals surface area contributed by atoms with Crippen molar-refractivity contribution in [2.45, 2.75) is 25.4 Å². The van der Waals surface area contributed by atoms with E-state index in [2.05, 4.69) is 11.9 Å². The lowest BCUT2D eigenvalue weighted by atomic mass is 9.82. The molecule has 13 heavy (non-hydrogen) atoms. The van der Waals surface area contributed by atoms with Crippen molar-refractivity contribution in [2.24, 2.45) is 11.7 Å². The molecular formula is C9H18N2OS. The Hall–Kier alpha value is -0.190. The third kappa shape index (κ3) is 4.02. The Morgan fingerprint density at radius 2 is 2.23 bits per heavy atom. The van der Waals surface area contributed by atoms with Crippen molar-refractivity contribution in [3.8, 4) is 0 Å². The lowest BCUT2D eigenvalue weighted by molar-refractivity contribution is 0.0287. The van der Waals surface area contributed by atoms with Crippen LogP contribution < -0.4 is 5.73 Å². The SMILES string of the molecule is CN(CCC(N)=S)CC1CC(O)C1. The molecule has 1 aliphatic carbocycles. The number of thiocarbonyl (C=S) groups is 1. The summed E-state index contributed by atoms with van der Waals surface area (Å²) in [6.07, 6.45) is 2.66. The summed E-state index contributed by atoms with van der Waals surface area (Å²) < 4.78 is 0. The normalized spacial score (nSPS) is 27.3. The van der Waals surface area contributed by atoms with Crippen LogP contribution >= 0.6 is 12.2 Å². The van der Waals surface area contributed by atoms with Gasteiger partial charge in [0.15, 0.2) is 0 Å². The monoisotopic (exact) mass is 202 g/mol. The Balaban J connectivity index is 2.04. The standard InChI is InChI=1S/C9H18N2OS/c1-11(3-2-9(10)13)6-7-4-8(12)5-7/h7-8,12H,2-6H2,1H3,(H2,10,13). The highest BCUT2D eigenvalue weighted by Crippen LogP contribution is 2.27. The van der Waals surface area contributed by atoms with Gasteiger partial charge in [-0.25, -0.2) is 0 Å². The fourth-order valence-corrected chi connectivity index (χ4v) is 1.77. The van der Waals surface area contributed by atoms with Gasteiger partial charge in [0.25, 0.3) is 0 Å². The molecule has 0 aliphatic heterocycles. The van der Waals surface area contributed by atoms with Crippen molar-refractivity contribution in [3.05, 3.63) is 0 Å². The first-order valence-electron chi connectivity index (χ1n) is 4.73. The third-order valence-corrected chi connectivity index (χ3v) is 2.72. The van der Waals surface area contributed by atoms with E-state index < -0.39 is 0 Å². The van der Waals surface area contributed by atoms with Crippen LogP contribution in [0.2, 0.25) is 0 Å². The molecule has 3 nitrogen and oxygen atoms in total. The van der Waals surface area contributed by atoms with Crippen LogP contribution in [0.1, 0.15) is 19.3 Å². The van der Waals surface area contributed by atoms with Gasteiger partial charge in [-0.2, -0.15) is 0 Å². The number of nitrogens with zero attached hydrogens (tertiary/aromatic N) is 1. The molecule has 1 rings (SSSR count). The van der Waals surface area contributed by atoms with E-state index in [1.165, 1.54) is 0 Å². The highest BCUT2D eigenvalue weighted by molar-refractivity contribution is 7.80. The quantitative estimate of drug-likeness (QED) is 0.632. The third-order valence-electron chi connectivity index (χ3n) is 2.52. The number of aliphatic hydroxyl groups is 1. The molecule has 1 saturated carbocycles. The van der Waals surface area contributed by atoms with Gasteiger partial charge in [0.2, 0.25) is 0 Å². The maximum atomic E-state index is 9.09. The Kier molecular flexibility index (Phi) is 4.09. The fraction of sp³-hybridized carbons (Fsp3) is 0.889. The molecule has 0 aromatic heterocycles. The van der Waals surface area contributed by atoms with Crippen LogP contribution in [-0.2, 0) is 0 Å². The highest BCUT2D eigenvalue weighted by Gasteiger charge is 2.27. The zero-order chi connectivity index (χ0) is 9.84. The highest BCUT2D eigenvalue weighted by atomic mass is 32.1. The number of rotatable bonds is 5. The Morgan fingerprint density at radius 3 is 2.69 bits per heavy atom. The molecule has 0 spiro atoms. The fourth-order valence-electron chi connectivity index (χ4n) is 1.68. The van der Waals surface area contributed by atoms with Crippen LogP contribution in [-0.4, -0.2) is 41.2 Å².